The topological polar surface area (TPSA) is 30.5 Å². The maximum Gasteiger partial charge on any atom is 0.119 e. The number of hydrogen-bond acceptors (Lipinski definition) is 3. The Labute approximate surface area is 114 Å². The molecule has 1 N–H and O–H groups in total. The van der Waals surface area contributed by atoms with Crippen molar-refractivity contribution < 1.29 is 9.47 Å². The van der Waals surface area contributed by atoms with E-state index >= 15 is 0 Å². The lowest BCUT2D eigenvalue weighted by Crippen LogP contribution is -2.47. The van der Waals surface area contributed by atoms with Gasteiger partial charge in [0.1, 0.15) is 18.1 Å². The zero-order chi connectivity index (χ0) is 13.6. The molecule has 1 aromatic carbocycles. The summed E-state index contributed by atoms with van der Waals surface area (Å²) in [6.07, 6.45) is 0. The quantitative estimate of drug-likeness (QED) is 0.611. The van der Waals surface area contributed by atoms with E-state index in [-0.39, 0.29) is 10.9 Å². The summed E-state index contributed by atoms with van der Waals surface area (Å²) >= 11 is 6.08. The Hall–Kier alpha value is -0.930. The van der Waals surface area contributed by atoms with Gasteiger partial charge in [-0.15, -0.1) is 11.6 Å². The Morgan fingerprint density at radius 1 is 1.22 bits per heavy atom. The normalized spacial score (nSPS) is 13.2. The van der Waals surface area contributed by atoms with E-state index in [0.29, 0.717) is 6.61 Å². The standard InChI is InChI=1S/C14H22ClNO2/c1-11(15)14(2,3)16-9-10-18-13-7-5-12(17-4)6-8-13/h5-8,11,16H,9-10H2,1-4H3. The molecule has 1 rings (SSSR count). The predicted molar refractivity (Wildman–Crippen MR) is 75.9 cm³/mol. The molecule has 102 valence electrons. The molecule has 0 fully saturated rings. The molecule has 0 saturated carbocycles. The van der Waals surface area contributed by atoms with Gasteiger partial charge in [0.2, 0.25) is 0 Å². The Morgan fingerprint density at radius 3 is 2.28 bits per heavy atom. The van der Waals surface area contributed by atoms with Gasteiger partial charge in [-0.25, -0.2) is 0 Å². The molecule has 0 saturated heterocycles. The molecule has 1 aromatic rings. The van der Waals surface area contributed by atoms with Gasteiger partial charge >= 0.3 is 0 Å². The average molecular weight is 272 g/mol. The molecule has 0 amide bonds. The van der Waals surface area contributed by atoms with Gasteiger partial charge in [-0.05, 0) is 45.0 Å². The minimum absolute atomic E-state index is 0.0680. The zero-order valence-electron chi connectivity index (χ0n) is 11.5. The molecular weight excluding hydrogens is 250 g/mol. The molecule has 18 heavy (non-hydrogen) atoms. The summed E-state index contributed by atoms with van der Waals surface area (Å²) in [4.78, 5) is 0. The van der Waals surface area contributed by atoms with Crippen molar-refractivity contribution in [2.24, 2.45) is 0 Å². The van der Waals surface area contributed by atoms with Crippen LogP contribution in [0.5, 0.6) is 11.5 Å². The minimum atomic E-state index is -0.0924. The number of halogens is 1. The Balaban J connectivity index is 2.29. The van der Waals surface area contributed by atoms with Crippen molar-refractivity contribution in [2.45, 2.75) is 31.7 Å². The van der Waals surface area contributed by atoms with Crippen molar-refractivity contribution in [1.82, 2.24) is 5.32 Å². The summed E-state index contributed by atoms with van der Waals surface area (Å²) in [6, 6.07) is 7.56. The van der Waals surface area contributed by atoms with Crippen LogP contribution < -0.4 is 14.8 Å². The molecular formula is C14H22ClNO2. The van der Waals surface area contributed by atoms with Crippen LogP contribution in [0.1, 0.15) is 20.8 Å². The number of methoxy groups -OCH3 is 1. The summed E-state index contributed by atoms with van der Waals surface area (Å²) in [5.74, 6) is 1.67. The number of rotatable bonds is 7. The van der Waals surface area contributed by atoms with Crippen LogP contribution in [0.25, 0.3) is 0 Å². The van der Waals surface area contributed by atoms with E-state index in [2.05, 4.69) is 19.2 Å². The van der Waals surface area contributed by atoms with Crippen LogP contribution in [0.3, 0.4) is 0 Å². The van der Waals surface area contributed by atoms with E-state index in [4.69, 9.17) is 21.1 Å². The minimum Gasteiger partial charge on any atom is -0.497 e. The second-order valence-corrected chi connectivity index (χ2v) is 5.44. The number of nitrogens with one attached hydrogen (secondary N) is 1. The first-order valence-electron chi connectivity index (χ1n) is 6.11. The van der Waals surface area contributed by atoms with Crippen LogP contribution in [-0.2, 0) is 0 Å². The third-order valence-corrected chi connectivity index (χ3v) is 3.55. The lowest BCUT2D eigenvalue weighted by molar-refractivity contribution is 0.282. The fraction of sp³-hybridized carbons (Fsp3) is 0.571. The van der Waals surface area contributed by atoms with Crippen LogP contribution in [0, 0.1) is 0 Å². The maximum atomic E-state index is 6.08. The van der Waals surface area contributed by atoms with Crippen molar-refractivity contribution in [3.63, 3.8) is 0 Å². The monoisotopic (exact) mass is 271 g/mol. The van der Waals surface area contributed by atoms with Gasteiger partial charge < -0.3 is 14.8 Å². The molecule has 4 heteroatoms. The molecule has 0 aromatic heterocycles. The van der Waals surface area contributed by atoms with Crippen molar-refractivity contribution >= 4 is 11.6 Å². The highest BCUT2D eigenvalue weighted by atomic mass is 35.5. The Morgan fingerprint density at radius 2 is 1.78 bits per heavy atom. The third kappa shape index (κ3) is 4.75. The van der Waals surface area contributed by atoms with Crippen molar-refractivity contribution in [1.29, 1.82) is 0 Å². The predicted octanol–water partition coefficient (Wildman–Crippen LogP) is 3.07. The lowest BCUT2D eigenvalue weighted by atomic mass is 10.0. The lowest BCUT2D eigenvalue weighted by Gasteiger charge is -2.29. The largest absolute Gasteiger partial charge is 0.497 e. The fourth-order valence-electron chi connectivity index (χ4n) is 1.35. The van der Waals surface area contributed by atoms with Crippen LogP contribution >= 0.6 is 11.6 Å². The molecule has 0 aliphatic heterocycles. The zero-order valence-corrected chi connectivity index (χ0v) is 12.3. The number of hydrogen-bond donors (Lipinski definition) is 1. The van der Waals surface area contributed by atoms with Crippen molar-refractivity contribution in [3.05, 3.63) is 24.3 Å². The molecule has 0 heterocycles. The highest BCUT2D eigenvalue weighted by Gasteiger charge is 2.22. The maximum absolute atomic E-state index is 6.08. The van der Waals surface area contributed by atoms with Gasteiger partial charge in [-0.1, -0.05) is 0 Å². The van der Waals surface area contributed by atoms with Gasteiger partial charge in [0.25, 0.3) is 0 Å². The summed E-state index contributed by atoms with van der Waals surface area (Å²) in [5, 5.41) is 3.44. The molecule has 0 aliphatic carbocycles. The van der Waals surface area contributed by atoms with E-state index < -0.39 is 0 Å². The van der Waals surface area contributed by atoms with E-state index in [9.17, 15) is 0 Å². The second-order valence-electron chi connectivity index (χ2n) is 4.79. The summed E-state index contributed by atoms with van der Waals surface area (Å²) in [5.41, 5.74) is -0.0924. The SMILES string of the molecule is COc1ccc(OCCNC(C)(C)C(C)Cl)cc1. The second kappa shape index (κ2) is 6.86. The first-order chi connectivity index (χ1) is 8.45. The van der Waals surface area contributed by atoms with Gasteiger partial charge in [0.15, 0.2) is 0 Å². The molecule has 0 aliphatic rings. The smallest absolute Gasteiger partial charge is 0.119 e. The van der Waals surface area contributed by atoms with Crippen LogP contribution in [0.2, 0.25) is 0 Å². The fourth-order valence-corrected chi connectivity index (χ4v) is 1.43. The highest BCUT2D eigenvalue weighted by molar-refractivity contribution is 6.21. The Bertz CT molecular complexity index is 349. The van der Waals surface area contributed by atoms with Gasteiger partial charge in [-0.2, -0.15) is 0 Å². The van der Waals surface area contributed by atoms with E-state index in [1.807, 2.05) is 31.2 Å². The highest BCUT2D eigenvalue weighted by Crippen LogP contribution is 2.17. The Kier molecular flexibility index (Phi) is 5.76. The molecule has 0 radical (unpaired) electrons. The molecule has 0 bridgehead atoms. The average Bonchev–Trinajstić information content (AvgIpc) is 2.35. The van der Waals surface area contributed by atoms with Gasteiger partial charge in [0, 0.05) is 17.5 Å². The van der Waals surface area contributed by atoms with Crippen LogP contribution in [0.4, 0.5) is 0 Å². The number of alkyl halides is 1. The van der Waals surface area contributed by atoms with Gasteiger partial charge in [0.05, 0.1) is 7.11 Å². The summed E-state index contributed by atoms with van der Waals surface area (Å²) in [6.45, 7) is 7.52. The molecule has 1 atom stereocenters. The number of benzene rings is 1. The first-order valence-corrected chi connectivity index (χ1v) is 6.55. The van der Waals surface area contributed by atoms with Crippen molar-refractivity contribution in [3.8, 4) is 11.5 Å². The van der Waals surface area contributed by atoms with E-state index in [0.717, 1.165) is 18.0 Å². The molecule has 1 unspecified atom stereocenters. The van der Waals surface area contributed by atoms with Crippen LogP contribution in [-0.4, -0.2) is 31.2 Å². The summed E-state index contributed by atoms with van der Waals surface area (Å²) < 4.78 is 10.7. The van der Waals surface area contributed by atoms with Gasteiger partial charge in [-0.3, -0.25) is 0 Å². The summed E-state index contributed by atoms with van der Waals surface area (Å²) in [7, 11) is 1.65. The van der Waals surface area contributed by atoms with E-state index in [1.165, 1.54) is 0 Å². The third-order valence-electron chi connectivity index (χ3n) is 3.01. The molecule has 3 nitrogen and oxygen atoms in total. The van der Waals surface area contributed by atoms with Crippen LogP contribution in [0.15, 0.2) is 24.3 Å². The van der Waals surface area contributed by atoms with Crippen molar-refractivity contribution in [2.75, 3.05) is 20.3 Å². The molecule has 0 spiro atoms. The number of ether oxygens (including phenoxy) is 2. The van der Waals surface area contributed by atoms with E-state index in [1.54, 1.807) is 7.11 Å². The first kappa shape index (κ1) is 15.1.